The van der Waals surface area contributed by atoms with Crippen LogP contribution in [0, 0.1) is 0 Å². The zero-order chi connectivity index (χ0) is 14.3. The number of rotatable bonds is 4. The number of nitrogens with zero attached hydrogens (tertiary/aromatic N) is 4. The molecule has 4 rings (SSSR count). The van der Waals surface area contributed by atoms with Crippen molar-refractivity contribution in [1.29, 1.82) is 0 Å². The number of hydrogen-bond acceptors (Lipinski definition) is 5. The smallest absolute Gasteiger partial charge is 0.156 e. The van der Waals surface area contributed by atoms with Crippen LogP contribution in [-0.4, -0.2) is 44.7 Å². The molecule has 1 aliphatic carbocycles. The van der Waals surface area contributed by atoms with Crippen molar-refractivity contribution in [2.75, 3.05) is 19.8 Å². The van der Waals surface area contributed by atoms with Crippen molar-refractivity contribution in [1.82, 2.24) is 19.7 Å². The van der Waals surface area contributed by atoms with E-state index in [1.165, 1.54) is 0 Å². The van der Waals surface area contributed by atoms with E-state index < -0.39 is 0 Å². The summed E-state index contributed by atoms with van der Waals surface area (Å²) in [5, 5.41) is 14.4. The maximum Gasteiger partial charge on any atom is 0.156 e. The highest BCUT2D eigenvalue weighted by molar-refractivity contribution is 5.33. The normalized spacial score (nSPS) is 23.4. The Balaban J connectivity index is 1.80. The van der Waals surface area contributed by atoms with E-state index in [0.29, 0.717) is 6.61 Å². The van der Waals surface area contributed by atoms with E-state index in [2.05, 4.69) is 4.98 Å². The first-order valence-electron chi connectivity index (χ1n) is 7.39. The van der Waals surface area contributed by atoms with E-state index in [1.807, 2.05) is 16.8 Å². The first kappa shape index (κ1) is 12.9. The second kappa shape index (κ2) is 4.89. The molecule has 1 aliphatic heterocycles. The summed E-state index contributed by atoms with van der Waals surface area (Å²) in [6.45, 7) is 1.57. The van der Waals surface area contributed by atoms with Crippen LogP contribution in [0.3, 0.4) is 0 Å². The van der Waals surface area contributed by atoms with Crippen molar-refractivity contribution in [3.8, 4) is 5.69 Å². The molecule has 0 unspecified atom stereocenters. The van der Waals surface area contributed by atoms with Gasteiger partial charge in [-0.1, -0.05) is 0 Å². The highest BCUT2D eigenvalue weighted by atomic mass is 16.5. The van der Waals surface area contributed by atoms with Gasteiger partial charge in [-0.3, -0.25) is 4.98 Å². The van der Waals surface area contributed by atoms with E-state index in [1.54, 1.807) is 12.4 Å². The van der Waals surface area contributed by atoms with Crippen molar-refractivity contribution in [2.45, 2.75) is 30.6 Å². The van der Waals surface area contributed by atoms with Crippen LogP contribution in [0.1, 0.15) is 36.8 Å². The average molecular weight is 286 g/mol. The van der Waals surface area contributed by atoms with Crippen molar-refractivity contribution in [3.63, 3.8) is 0 Å². The molecule has 110 valence electrons. The minimum absolute atomic E-state index is 0.118. The first-order chi connectivity index (χ1) is 10.3. The van der Waals surface area contributed by atoms with Crippen LogP contribution in [0.15, 0.2) is 24.5 Å². The zero-order valence-corrected chi connectivity index (χ0v) is 11.8. The molecule has 2 aliphatic rings. The first-order valence-corrected chi connectivity index (χ1v) is 7.39. The molecular formula is C15H18N4O2. The summed E-state index contributed by atoms with van der Waals surface area (Å²) in [5.74, 6) is 1.95. The van der Waals surface area contributed by atoms with Gasteiger partial charge in [-0.15, -0.1) is 0 Å². The lowest BCUT2D eigenvalue weighted by Gasteiger charge is -2.12. The van der Waals surface area contributed by atoms with Crippen LogP contribution in [0.25, 0.3) is 5.69 Å². The third-order valence-electron chi connectivity index (χ3n) is 4.44. The third-order valence-corrected chi connectivity index (χ3v) is 4.44. The predicted octanol–water partition coefficient (Wildman–Crippen LogP) is 1.19. The molecule has 21 heavy (non-hydrogen) atoms. The molecule has 6 heteroatoms. The Morgan fingerprint density at radius 3 is 2.95 bits per heavy atom. The summed E-state index contributed by atoms with van der Waals surface area (Å²) in [6.07, 6.45) is 6.40. The lowest BCUT2D eigenvalue weighted by atomic mass is 10.1. The molecule has 6 nitrogen and oxygen atoms in total. The van der Waals surface area contributed by atoms with Crippen LogP contribution in [0.4, 0.5) is 0 Å². The molecule has 0 amide bonds. The van der Waals surface area contributed by atoms with Gasteiger partial charge in [0.2, 0.25) is 0 Å². The number of aromatic nitrogens is 4. The molecule has 1 saturated carbocycles. The number of aliphatic hydroxyl groups is 1. The summed E-state index contributed by atoms with van der Waals surface area (Å²) >= 11 is 0. The Kier molecular flexibility index (Phi) is 3.01. The molecule has 2 fully saturated rings. The van der Waals surface area contributed by atoms with Crippen LogP contribution in [-0.2, 0) is 10.2 Å². The topological polar surface area (TPSA) is 73.1 Å². The van der Waals surface area contributed by atoms with Gasteiger partial charge in [0.05, 0.1) is 30.5 Å². The van der Waals surface area contributed by atoms with Crippen molar-refractivity contribution in [2.24, 2.45) is 0 Å². The predicted molar refractivity (Wildman–Crippen MR) is 75.3 cm³/mol. The molecule has 1 N–H and O–H groups in total. The van der Waals surface area contributed by atoms with Gasteiger partial charge in [-0.25, -0.2) is 9.67 Å². The minimum Gasteiger partial charge on any atom is -0.395 e. The van der Waals surface area contributed by atoms with Crippen molar-refractivity contribution >= 4 is 0 Å². The van der Waals surface area contributed by atoms with Crippen LogP contribution in [0.2, 0.25) is 0 Å². The van der Waals surface area contributed by atoms with E-state index >= 15 is 0 Å². The van der Waals surface area contributed by atoms with Gasteiger partial charge in [-0.2, -0.15) is 5.10 Å². The van der Waals surface area contributed by atoms with Gasteiger partial charge < -0.3 is 9.84 Å². The minimum atomic E-state index is -0.222. The lowest BCUT2D eigenvalue weighted by Crippen LogP contribution is -2.18. The molecule has 3 heterocycles. The van der Waals surface area contributed by atoms with Gasteiger partial charge in [-0.05, 0) is 31.4 Å². The van der Waals surface area contributed by atoms with E-state index in [-0.39, 0.29) is 17.9 Å². The summed E-state index contributed by atoms with van der Waals surface area (Å²) < 4.78 is 7.29. The molecule has 0 aromatic carbocycles. The number of hydrogen-bond donors (Lipinski definition) is 1. The molecule has 0 radical (unpaired) electrons. The van der Waals surface area contributed by atoms with Crippen LogP contribution < -0.4 is 0 Å². The van der Waals surface area contributed by atoms with Crippen LogP contribution >= 0.6 is 0 Å². The highest BCUT2D eigenvalue weighted by Crippen LogP contribution is 2.47. The standard InChI is InChI=1S/C15H18N4O2/c20-10-15(4-5-15)14-17-13(11-3-7-21-9-11)18-19(14)12-2-1-6-16-8-12/h1-2,6,8,11,20H,3-5,7,9-10H2/t11-/m0/s1. The van der Waals surface area contributed by atoms with Crippen molar-refractivity contribution < 1.29 is 9.84 Å². The fourth-order valence-electron chi connectivity index (χ4n) is 2.84. The van der Waals surface area contributed by atoms with Gasteiger partial charge in [0.1, 0.15) is 5.82 Å². The molecule has 0 spiro atoms. The Morgan fingerprint density at radius 2 is 2.33 bits per heavy atom. The van der Waals surface area contributed by atoms with Gasteiger partial charge in [0.15, 0.2) is 5.82 Å². The van der Waals surface area contributed by atoms with Gasteiger partial charge in [0, 0.05) is 18.7 Å². The monoisotopic (exact) mass is 286 g/mol. The number of aliphatic hydroxyl groups excluding tert-OH is 1. The maximum atomic E-state index is 9.73. The summed E-state index contributed by atoms with van der Waals surface area (Å²) in [7, 11) is 0. The fraction of sp³-hybridized carbons (Fsp3) is 0.533. The molecule has 1 saturated heterocycles. The summed E-state index contributed by atoms with van der Waals surface area (Å²) in [4.78, 5) is 8.92. The summed E-state index contributed by atoms with van der Waals surface area (Å²) in [6, 6.07) is 3.85. The second-order valence-corrected chi connectivity index (χ2v) is 5.92. The largest absolute Gasteiger partial charge is 0.395 e. The lowest BCUT2D eigenvalue weighted by molar-refractivity contribution is 0.193. The zero-order valence-electron chi connectivity index (χ0n) is 11.8. The van der Waals surface area contributed by atoms with Crippen molar-refractivity contribution in [3.05, 3.63) is 36.2 Å². The number of pyridine rings is 1. The number of ether oxygens (including phenoxy) is 1. The molecular weight excluding hydrogens is 268 g/mol. The molecule has 2 aromatic heterocycles. The molecule has 2 aromatic rings. The van der Waals surface area contributed by atoms with Gasteiger partial charge in [0.25, 0.3) is 0 Å². The average Bonchev–Trinajstić information content (AvgIpc) is 2.96. The maximum absolute atomic E-state index is 9.73. The second-order valence-electron chi connectivity index (χ2n) is 5.92. The van der Waals surface area contributed by atoms with E-state index in [0.717, 1.165) is 43.2 Å². The quantitative estimate of drug-likeness (QED) is 0.914. The Hall–Kier alpha value is -1.79. The third kappa shape index (κ3) is 2.15. The Labute approximate surface area is 122 Å². The Bertz CT molecular complexity index is 630. The Morgan fingerprint density at radius 1 is 1.43 bits per heavy atom. The van der Waals surface area contributed by atoms with Gasteiger partial charge >= 0.3 is 0 Å². The SMILES string of the molecule is OCC1(c2nc([C@H]3CCOC3)nn2-c2cccnc2)CC1. The summed E-state index contributed by atoms with van der Waals surface area (Å²) in [5.41, 5.74) is 0.672. The molecule has 0 bridgehead atoms. The fourth-order valence-corrected chi connectivity index (χ4v) is 2.84. The van der Waals surface area contributed by atoms with E-state index in [4.69, 9.17) is 14.8 Å². The van der Waals surface area contributed by atoms with Crippen LogP contribution in [0.5, 0.6) is 0 Å². The van der Waals surface area contributed by atoms with E-state index in [9.17, 15) is 5.11 Å². The highest BCUT2D eigenvalue weighted by Gasteiger charge is 2.48. The molecule has 1 atom stereocenters.